The van der Waals surface area contributed by atoms with Gasteiger partial charge >= 0.3 is 5.97 Å². The summed E-state index contributed by atoms with van der Waals surface area (Å²) in [5, 5.41) is 0.796. The van der Waals surface area contributed by atoms with Gasteiger partial charge in [0.15, 0.2) is 0 Å². The van der Waals surface area contributed by atoms with Gasteiger partial charge in [-0.2, -0.15) is 0 Å². The van der Waals surface area contributed by atoms with E-state index in [4.69, 9.17) is 4.74 Å². The number of para-hydroxylation sites is 1. The van der Waals surface area contributed by atoms with Gasteiger partial charge in [-0.05, 0) is 17.7 Å². The minimum absolute atomic E-state index is 0.228. The van der Waals surface area contributed by atoms with E-state index in [1.807, 2.05) is 54.6 Å². The van der Waals surface area contributed by atoms with Crippen LogP contribution in [0.4, 0.5) is 0 Å². The second-order valence-electron chi connectivity index (χ2n) is 4.40. The van der Waals surface area contributed by atoms with Crippen LogP contribution in [0, 0.1) is 0 Å². The van der Waals surface area contributed by atoms with E-state index in [1.165, 1.54) is 11.3 Å². The Morgan fingerprint density at radius 2 is 1.80 bits per heavy atom. The highest BCUT2D eigenvalue weighted by atomic mass is 32.1. The average molecular weight is 283 g/mol. The fourth-order valence-corrected chi connectivity index (χ4v) is 2.86. The molecule has 3 nitrogen and oxygen atoms in total. The molecule has 2 aromatic carbocycles. The van der Waals surface area contributed by atoms with Crippen molar-refractivity contribution in [3.05, 3.63) is 65.2 Å². The molecule has 0 fully saturated rings. The Balaban J connectivity index is 1.61. The lowest BCUT2D eigenvalue weighted by Crippen LogP contribution is -2.07. The van der Waals surface area contributed by atoms with E-state index < -0.39 is 0 Å². The smallest absolute Gasteiger partial charge is 0.313 e. The summed E-state index contributed by atoms with van der Waals surface area (Å²) < 4.78 is 6.35. The van der Waals surface area contributed by atoms with Crippen molar-refractivity contribution < 1.29 is 9.53 Å². The molecule has 3 rings (SSSR count). The molecule has 3 aromatic rings. The van der Waals surface area contributed by atoms with Crippen molar-refractivity contribution in [3.8, 4) is 0 Å². The topological polar surface area (TPSA) is 39.2 Å². The molecule has 0 amide bonds. The molecular formula is C16H13NO2S. The molecule has 1 aromatic heterocycles. The molecule has 0 unspecified atom stereocenters. The number of benzene rings is 2. The van der Waals surface area contributed by atoms with Crippen LogP contribution >= 0.6 is 11.3 Å². The Hall–Kier alpha value is -2.20. The van der Waals surface area contributed by atoms with Crippen LogP contribution in [0.15, 0.2) is 54.6 Å². The molecule has 0 N–H and O–H groups in total. The highest BCUT2D eigenvalue weighted by Gasteiger charge is 2.10. The number of hydrogen-bond donors (Lipinski definition) is 0. The summed E-state index contributed by atoms with van der Waals surface area (Å²) in [6.07, 6.45) is 0.228. The van der Waals surface area contributed by atoms with Crippen molar-refractivity contribution >= 4 is 27.5 Å². The van der Waals surface area contributed by atoms with Crippen molar-refractivity contribution in [3.63, 3.8) is 0 Å². The number of fused-ring (bicyclic) bond motifs is 1. The van der Waals surface area contributed by atoms with Gasteiger partial charge in [0.05, 0.1) is 16.6 Å². The molecule has 1 heterocycles. The maximum Gasteiger partial charge on any atom is 0.313 e. The summed E-state index contributed by atoms with van der Waals surface area (Å²) in [5.41, 5.74) is 1.92. The number of rotatable bonds is 4. The van der Waals surface area contributed by atoms with Crippen LogP contribution in [0.3, 0.4) is 0 Å². The molecule has 0 aliphatic rings. The number of ether oxygens (including phenoxy) is 1. The van der Waals surface area contributed by atoms with Crippen molar-refractivity contribution in [2.24, 2.45) is 0 Å². The Kier molecular flexibility index (Phi) is 3.74. The number of nitrogens with zero attached hydrogens (tertiary/aromatic N) is 1. The molecule has 0 aliphatic carbocycles. The molecule has 0 saturated heterocycles. The third-order valence-corrected chi connectivity index (χ3v) is 3.91. The highest BCUT2D eigenvalue weighted by Crippen LogP contribution is 2.22. The van der Waals surface area contributed by atoms with E-state index in [2.05, 4.69) is 4.98 Å². The van der Waals surface area contributed by atoms with Gasteiger partial charge in [0.25, 0.3) is 0 Å². The highest BCUT2D eigenvalue weighted by molar-refractivity contribution is 7.18. The van der Waals surface area contributed by atoms with E-state index in [-0.39, 0.29) is 12.4 Å². The van der Waals surface area contributed by atoms with Crippen LogP contribution in [0.1, 0.15) is 10.6 Å². The van der Waals surface area contributed by atoms with E-state index in [0.29, 0.717) is 6.61 Å². The molecule has 0 bridgehead atoms. The first-order valence-electron chi connectivity index (χ1n) is 6.35. The molecule has 0 aliphatic heterocycles. The molecule has 0 atom stereocenters. The monoisotopic (exact) mass is 283 g/mol. The number of carbonyl (C=O) groups is 1. The minimum atomic E-state index is -0.243. The summed E-state index contributed by atoms with van der Waals surface area (Å²) in [5.74, 6) is -0.243. The third-order valence-electron chi connectivity index (χ3n) is 2.88. The summed E-state index contributed by atoms with van der Waals surface area (Å²) in [4.78, 5) is 16.2. The lowest BCUT2D eigenvalue weighted by molar-refractivity contribution is -0.144. The molecule has 0 spiro atoms. The van der Waals surface area contributed by atoms with Gasteiger partial charge in [-0.25, -0.2) is 4.98 Å². The van der Waals surface area contributed by atoms with Crippen molar-refractivity contribution in [1.29, 1.82) is 0 Å². The molecule has 0 saturated carbocycles. The van der Waals surface area contributed by atoms with Gasteiger partial charge < -0.3 is 4.74 Å². The van der Waals surface area contributed by atoms with Crippen molar-refractivity contribution in [2.45, 2.75) is 13.0 Å². The zero-order valence-corrected chi connectivity index (χ0v) is 11.6. The lowest BCUT2D eigenvalue weighted by atomic mass is 10.2. The average Bonchev–Trinajstić information content (AvgIpc) is 2.88. The Bertz CT molecular complexity index is 688. The molecular weight excluding hydrogens is 270 g/mol. The molecule has 20 heavy (non-hydrogen) atoms. The Morgan fingerprint density at radius 1 is 1.05 bits per heavy atom. The van der Waals surface area contributed by atoms with Crippen LogP contribution in [0.25, 0.3) is 10.2 Å². The summed E-state index contributed by atoms with van der Waals surface area (Å²) in [6.45, 7) is 0.310. The number of aromatic nitrogens is 1. The van der Waals surface area contributed by atoms with Crippen LogP contribution in [-0.2, 0) is 22.6 Å². The SMILES string of the molecule is O=C(Cc1nc2ccccc2s1)OCc1ccccc1. The predicted octanol–water partition coefficient (Wildman–Crippen LogP) is 3.58. The summed E-state index contributed by atoms with van der Waals surface area (Å²) in [7, 11) is 0. The van der Waals surface area contributed by atoms with Crippen molar-refractivity contribution in [1.82, 2.24) is 4.98 Å². The zero-order chi connectivity index (χ0) is 13.8. The predicted molar refractivity (Wildman–Crippen MR) is 79.6 cm³/mol. The molecule has 0 radical (unpaired) electrons. The number of thiazole rings is 1. The van der Waals surface area contributed by atoms with E-state index in [1.54, 1.807) is 0 Å². The maximum absolute atomic E-state index is 11.8. The van der Waals surface area contributed by atoms with Crippen LogP contribution in [0.2, 0.25) is 0 Å². The van der Waals surface area contributed by atoms with Gasteiger partial charge in [0.1, 0.15) is 11.6 Å². The summed E-state index contributed by atoms with van der Waals surface area (Å²) in [6, 6.07) is 17.5. The van der Waals surface area contributed by atoms with Crippen LogP contribution < -0.4 is 0 Å². The minimum Gasteiger partial charge on any atom is -0.460 e. The second-order valence-corrected chi connectivity index (χ2v) is 5.51. The number of carbonyl (C=O) groups excluding carboxylic acids is 1. The quantitative estimate of drug-likeness (QED) is 0.687. The van der Waals surface area contributed by atoms with Crippen LogP contribution in [-0.4, -0.2) is 11.0 Å². The fourth-order valence-electron chi connectivity index (χ4n) is 1.91. The Labute approximate surface area is 120 Å². The summed E-state index contributed by atoms with van der Waals surface area (Å²) >= 11 is 1.54. The second kappa shape index (κ2) is 5.84. The normalized spacial score (nSPS) is 10.6. The van der Waals surface area contributed by atoms with Gasteiger partial charge in [-0.15, -0.1) is 11.3 Å². The first-order chi connectivity index (χ1) is 9.81. The van der Waals surface area contributed by atoms with Gasteiger partial charge in [-0.1, -0.05) is 42.5 Å². The number of hydrogen-bond acceptors (Lipinski definition) is 4. The largest absolute Gasteiger partial charge is 0.460 e. The van der Waals surface area contributed by atoms with Gasteiger partial charge in [0, 0.05) is 0 Å². The van der Waals surface area contributed by atoms with Gasteiger partial charge in [-0.3, -0.25) is 4.79 Å². The number of esters is 1. The van der Waals surface area contributed by atoms with E-state index in [9.17, 15) is 4.79 Å². The maximum atomic E-state index is 11.8. The first kappa shape index (κ1) is 12.8. The van der Waals surface area contributed by atoms with Gasteiger partial charge in [0.2, 0.25) is 0 Å². The third kappa shape index (κ3) is 3.03. The Morgan fingerprint density at radius 3 is 2.60 bits per heavy atom. The van der Waals surface area contributed by atoms with Crippen molar-refractivity contribution in [2.75, 3.05) is 0 Å². The van der Waals surface area contributed by atoms with Crippen LogP contribution in [0.5, 0.6) is 0 Å². The standard InChI is InChI=1S/C16H13NO2S/c18-16(19-11-12-6-2-1-3-7-12)10-15-17-13-8-4-5-9-14(13)20-15/h1-9H,10-11H2. The fraction of sp³-hybridized carbons (Fsp3) is 0.125. The molecule has 100 valence electrons. The molecule has 4 heteroatoms. The first-order valence-corrected chi connectivity index (χ1v) is 7.17. The zero-order valence-electron chi connectivity index (χ0n) is 10.8. The van der Waals surface area contributed by atoms with E-state index in [0.717, 1.165) is 20.8 Å². The lowest BCUT2D eigenvalue weighted by Gasteiger charge is -2.03. The van der Waals surface area contributed by atoms with E-state index >= 15 is 0 Å².